The highest BCUT2D eigenvalue weighted by molar-refractivity contribution is 5.96. The Morgan fingerprint density at radius 1 is 0.923 bits per heavy atom. The van der Waals surface area contributed by atoms with E-state index in [1.165, 1.54) is 0 Å². The summed E-state index contributed by atoms with van der Waals surface area (Å²) in [5, 5.41) is 15.6. The van der Waals surface area contributed by atoms with Gasteiger partial charge in [-0.3, -0.25) is 10.1 Å². The summed E-state index contributed by atoms with van der Waals surface area (Å²) in [4.78, 5) is 37.0. The van der Waals surface area contributed by atoms with Gasteiger partial charge in [0, 0.05) is 18.2 Å². The fourth-order valence-electron chi connectivity index (χ4n) is 5.02. The van der Waals surface area contributed by atoms with Crippen LogP contribution in [0.25, 0.3) is 11.1 Å². The van der Waals surface area contributed by atoms with Crippen LogP contribution in [0, 0.1) is 13.8 Å². The van der Waals surface area contributed by atoms with Crippen LogP contribution < -0.4 is 10.6 Å². The van der Waals surface area contributed by atoms with Gasteiger partial charge >= 0.3 is 18.0 Å². The molecule has 0 atom stereocenters. The lowest BCUT2D eigenvalue weighted by Crippen LogP contribution is -2.31. The number of rotatable bonds is 8. The molecule has 0 unspecified atom stereocenters. The highest BCUT2D eigenvalue weighted by Gasteiger charge is 2.29. The number of anilines is 1. The molecule has 0 radical (unpaired) electrons. The number of esters is 1. The SMILES string of the molecule is Cc1c(CNCC(=O)OC(C)(C)C)cc(NC(=O)OCC2c3ccccc3-c3ccccc32)c(C)c1C(=O)O. The van der Waals surface area contributed by atoms with Crippen molar-refractivity contribution in [2.24, 2.45) is 0 Å². The van der Waals surface area contributed by atoms with Gasteiger partial charge in [-0.05, 0) is 79.6 Å². The number of carbonyl (C=O) groups excluding carboxylic acids is 2. The molecule has 1 aliphatic rings. The van der Waals surface area contributed by atoms with E-state index in [0.29, 0.717) is 22.4 Å². The van der Waals surface area contributed by atoms with Gasteiger partial charge in [0.2, 0.25) is 0 Å². The van der Waals surface area contributed by atoms with Gasteiger partial charge < -0.3 is 19.9 Å². The molecule has 3 aromatic rings. The Balaban J connectivity index is 1.48. The topological polar surface area (TPSA) is 114 Å². The molecule has 8 heteroatoms. The molecule has 0 bridgehead atoms. The molecule has 3 aromatic carbocycles. The zero-order chi connectivity index (χ0) is 28.3. The number of aromatic carboxylic acids is 1. The lowest BCUT2D eigenvalue weighted by molar-refractivity contribution is -0.153. The second-order valence-corrected chi connectivity index (χ2v) is 10.7. The summed E-state index contributed by atoms with van der Waals surface area (Å²) in [6.45, 7) is 9.03. The molecule has 4 rings (SSSR count). The van der Waals surface area contributed by atoms with Crippen molar-refractivity contribution in [1.29, 1.82) is 0 Å². The summed E-state index contributed by atoms with van der Waals surface area (Å²) in [6.07, 6.45) is -0.673. The molecule has 8 nitrogen and oxygen atoms in total. The molecule has 39 heavy (non-hydrogen) atoms. The Hall–Kier alpha value is -4.17. The molecule has 1 aliphatic carbocycles. The maximum Gasteiger partial charge on any atom is 0.411 e. The molecule has 1 amide bonds. The molecule has 204 valence electrons. The van der Waals surface area contributed by atoms with E-state index < -0.39 is 23.6 Å². The van der Waals surface area contributed by atoms with Crippen molar-refractivity contribution in [2.45, 2.75) is 52.7 Å². The number of hydrogen-bond donors (Lipinski definition) is 3. The van der Waals surface area contributed by atoms with Gasteiger partial charge in [-0.25, -0.2) is 9.59 Å². The van der Waals surface area contributed by atoms with E-state index in [1.807, 2.05) is 36.4 Å². The van der Waals surface area contributed by atoms with Gasteiger partial charge in [0.15, 0.2) is 0 Å². The Morgan fingerprint density at radius 2 is 1.51 bits per heavy atom. The third-order valence-electron chi connectivity index (χ3n) is 6.75. The van der Waals surface area contributed by atoms with Crippen LogP contribution in [0.3, 0.4) is 0 Å². The molecular weight excluding hydrogens is 496 g/mol. The maximum atomic E-state index is 12.9. The summed E-state index contributed by atoms with van der Waals surface area (Å²) in [5.41, 5.74) is 5.90. The van der Waals surface area contributed by atoms with Gasteiger partial charge in [0.05, 0.1) is 12.1 Å². The number of carboxylic acids is 1. The quantitative estimate of drug-likeness (QED) is 0.316. The molecule has 0 fully saturated rings. The number of fused-ring (bicyclic) bond motifs is 3. The summed E-state index contributed by atoms with van der Waals surface area (Å²) in [6, 6.07) is 17.9. The van der Waals surface area contributed by atoms with Crippen LogP contribution in [0.2, 0.25) is 0 Å². The first-order valence-electron chi connectivity index (χ1n) is 12.9. The lowest BCUT2D eigenvalue weighted by Gasteiger charge is -2.20. The third kappa shape index (κ3) is 6.29. The normalized spacial score (nSPS) is 12.4. The van der Waals surface area contributed by atoms with Crippen LogP contribution in [0.1, 0.15) is 64.9 Å². The second-order valence-electron chi connectivity index (χ2n) is 10.7. The molecular formula is C31H34N2O6. The van der Waals surface area contributed by atoms with Crippen molar-refractivity contribution in [2.75, 3.05) is 18.5 Å². The Morgan fingerprint density at radius 3 is 2.08 bits per heavy atom. The van der Waals surface area contributed by atoms with Crippen molar-refractivity contribution in [3.63, 3.8) is 0 Å². The standard InChI is InChI=1S/C31H34N2O6/c1-18-20(15-32-16-27(34)39-31(3,4)5)14-26(19(2)28(18)29(35)36)33-30(37)38-17-25-23-12-8-6-10-21(23)22-11-7-9-13-24(22)25/h6-14,25,32H,15-17H2,1-5H3,(H,33,37)(H,35,36). The number of amides is 1. The number of carboxylic acid groups (broad SMARTS) is 1. The largest absolute Gasteiger partial charge is 0.478 e. The van der Waals surface area contributed by atoms with Crippen LogP contribution in [0.15, 0.2) is 54.6 Å². The van der Waals surface area contributed by atoms with E-state index in [9.17, 15) is 19.5 Å². The molecule has 0 heterocycles. The number of benzene rings is 3. The summed E-state index contributed by atoms with van der Waals surface area (Å²) in [5.74, 6) is -1.61. The fraction of sp³-hybridized carbons (Fsp3) is 0.323. The minimum atomic E-state index is -1.10. The van der Waals surface area contributed by atoms with E-state index >= 15 is 0 Å². The average Bonchev–Trinajstić information content (AvgIpc) is 3.18. The summed E-state index contributed by atoms with van der Waals surface area (Å²) < 4.78 is 11.0. The number of carbonyl (C=O) groups is 3. The fourth-order valence-corrected chi connectivity index (χ4v) is 5.02. The molecule has 0 aliphatic heterocycles. The molecule has 0 saturated carbocycles. The van der Waals surface area contributed by atoms with Crippen molar-refractivity contribution >= 4 is 23.7 Å². The van der Waals surface area contributed by atoms with Gasteiger partial charge in [-0.1, -0.05) is 48.5 Å². The average molecular weight is 531 g/mol. The highest BCUT2D eigenvalue weighted by Crippen LogP contribution is 2.44. The van der Waals surface area contributed by atoms with E-state index in [4.69, 9.17) is 9.47 Å². The smallest absolute Gasteiger partial charge is 0.411 e. The third-order valence-corrected chi connectivity index (χ3v) is 6.75. The summed E-state index contributed by atoms with van der Waals surface area (Å²) >= 11 is 0. The Bertz CT molecular complexity index is 1380. The first-order valence-corrected chi connectivity index (χ1v) is 12.9. The van der Waals surface area contributed by atoms with Crippen molar-refractivity contribution in [3.05, 3.63) is 88.0 Å². The van der Waals surface area contributed by atoms with Crippen molar-refractivity contribution in [3.8, 4) is 11.1 Å². The predicted octanol–water partition coefficient (Wildman–Crippen LogP) is 5.79. The van der Waals surface area contributed by atoms with Crippen LogP contribution >= 0.6 is 0 Å². The first kappa shape index (κ1) is 27.9. The number of nitrogens with one attached hydrogen (secondary N) is 2. The molecule has 0 spiro atoms. The summed E-state index contributed by atoms with van der Waals surface area (Å²) in [7, 11) is 0. The van der Waals surface area contributed by atoms with Crippen LogP contribution in [0.5, 0.6) is 0 Å². The van der Waals surface area contributed by atoms with Crippen molar-refractivity contribution < 1.29 is 29.0 Å². The maximum absolute atomic E-state index is 12.9. The van der Waals surface area contributed by atoms with Gasteiger partial charge in [0.1, 0.15) is 12.2 Å². The van der Waals surface area contributed by atoms with Crippen LogP contribution in [-0.2, 0) is 20.8 Å². The van der Waals surface area contributed by atoms with Gasteiger partial charge in [-0.15, -0.1) is 0 Å². The minimum Gasteiger partial charge on any atom is -0.478 e. The van der Waals surface area contributed by atoms with E-state index in [-0.39, 0.29) is 31.2 Å². The van der Waals surface area contributed by atoms with Crippen molar-refractivity contribution in [1.82, 2.24) is 5.32 Å². The zero-order valence-corrected chi connectivity index (χ0v) is 22.9. The predicted molar refractivity (Wildman–Crippen MR) is 149 cm³/mol. The zero-order valence-electron chi connectivity index (χ0n) is 22.9. The van der Waals surface area contributed by atoms with Gasteiger partial charge in [0.25, 0.3) is 0 Å². The minimum absolute atomic E-state index is 0.0396. The molecule has 0 aromatic heterocycles. The molecule has 3 N–H and O–H groups in total. The van der Waals surface area contributed by atoms with E-state index in [0.717, 1.165) is 22.3 Å². The van der Waals surface area contributed by atoms with Crippen LogP contribution in [0.4, 0.5) is 10.5 Å². The monoisotopic (exact) mass is 530 g/mol. The Labute approximate surface area is 228 Å². The molecule has 0 saturated heterocycles. The Kier molecular flexibility index (Phi) is 8.06. The second kappa shape index (κ2) is 11.3. The van der Waals surface area contributed by atoms with E-state index in [2.05, 4.69) is 22.8 Å². The highest BCUT2D eigenvalue weighted by atomic mass is 16.6. The number of hydrogen-bond acceptors (Lipinski definition) is 6. The lowest BCUT2D eigenvalue weighted by atomic mass is 9.95. The van der Waals surface area contributed by atoms with E-state index in [1.54, 1.807) is 40.7 Å². The van der Waals surface area contributed by atoms with Gasteiger partial charge in [-0.2, -0.15) is 0 Å². The number of ether oxygens (including phenoxy) is 2. The van der Waals surface area contributed by atoms with Crippen LogP contribution in [-0.4, -0.2) is 41.9 Å². The first-order chi connectivity index (χ1) is 18.5.